The van der Waals surface area contributed by atoms with Gasteiger partial charge in [0.25, 0.3) is 0 Å². The molecule has 18 heavy (non-hydrogen) atoms. The van der Waals surface area contributed by atoms with Crippen molar-refractivity contribution in [2.45, 2.75) is 24.8 Å². The molecular weight excluding hydrogens is 296 g/mol. The molecule has 1 fully saturated rings. The summed E-state index contributed by atoms with van der Waals surface area (Å²) in [6, 6.07) is 7.73. The number of benzene rings is 1. The molecule has 0 radical (unpaired) electrons. The van der Waals surface area contributed by atoms with Crippen molar-refractivity contribution in [3.05, 3.63) is 28.7 Å². The van der Waals surface area contributed by atoms with Gasteiger partial charge in [0.05, 0.1) is 0 Å². The Labute approximate surface area is 115 Å². The molecule has 0 spiro atoms. The molecule has 1 atom stereocenters. The lowest BCUT2D eigenvalue weighted by atomic mass is 9.89. The van der Waals surface area contributed by atoms with Crippen LogP contribution < -0.4 is 11.1 Å². The Hall–Kier alpha value is -1.07. The van der Waals surface area contributed by atoms with Crippen molar-refractivity contribution >= 4 is 27.5 Å². The zero-order chi connectivity index (χ0) is 13.0. The summed E-state index contributed by atoms with van der Waals surface area (Å²) in [5.41, 5.74) is 5.79. The molecule has 1 aliphatic heterocycles. The quantitative estimate of drug-likeness (QED) is 0.900. The zero-order valence-corrected chi connectivity index (χ0v) is 11.7. The normalized spacial score (nSPS) is 24.3. The van der Waals surface area contributed by atoms with Gasteiger partial charge < -0.3 is 15.8 Å². The second kappa shape index (κ2) is 5.71. The number of hydrogen-bond acceptors (Lipinski definition) is 3. The molecule has 98 valence electrons. The SMILES string of the molecule is NC(=O)C1(Nc2ccc(Br)cc2)CCCOCC1. The van der Waals surface area contributed by atoms with Crippen LogP contribution in [0.3, 0.4) is 0 Å². The summed E-state index contributed by atoms with van der Waals surface area (Å²) in [7, 11) is 0. The Bertz CT molecular complexity index is 412. The molecule has 0 bridgehead atoms. The molecule has 1 aromatic carbocycles. The fourth-order valence-electron chi connectivity index (χ4n) is 2.19. The number of ether oxygens (including phenoxy) is 1. The van der Waals surface area contributed by atoms with Crippen LogP contribution in [0.15, 0.2) is 28.7 Å². The van der Waals surface area contributed by atoms with Gasteiger partial charge in [0.2, 0.25) is 5.91 Å². The van der Waals surface area contributed by atoms with E-state index in [-0.39, 0.29) is 5.91 Å². The molecule has 1 amide bonds. The van der Waals surface area contributed by atoms with Crippen molar-refractivity contribution in [2.24, 2.45) is 5.73 Å². The third kappa shape index (κ3) is 3.03. The molecule has 1 heterocycles. The van der Waals surface area contributed by atoms with Gasteiger partial charge in [0, 0.05) is 29.8 Å². The summed E-state index contributed by atoms with van der Waals surface area (Å²) in [6.07, 6.45) is 2.16. The van der Waals surface area contributed by atoms with Gasteiger partial charge in [-0.15, -0.1) is 0 Å². The summed E-state index contributed by atoms with van der Waals surface area (Å²) < 4.78 is 6.41. The van der Waals surface area contributed by atoms with Crippen LogP contribution in [0.4, 0.5) is 5.69 Å². The second-order valence-corrected chi connectivity index (χ2v) is 5.46. The van der Waals surface area contributed by atoms with Gasteiger partial charge in [-0.25, -0.2) is 0 Å². The molecular formula is C13H17BrN2O2. The maximum Gasteiger partial charge on any atom is 0.243 e. The third-order valence-electron chi connectivity index (χ3n) is 3.26. The second-order valence-electron chi connectivity index (χ2n) is 4.54. The maximum atomic E-state index is 11.8. The lowest BCUT2D eigenvalue weighted by Gasteiger charge is -2.31. The van der Waals surface area contributed by atoms with E-state index < -0.39 is 5.54 Å². The van der Waals surface area contributed by atoms with Crippen LogP contribution in [0.5, 0.6) is 0 Å². The largest absolute Gasteiger partial charge is 0.381 e. The van der Waals surface area contributed by atoms with Crippen molar-refractivity contribution in [1.82, 2.24) is 0 Å². The van der Waals surface area contributed by atoms with Gasteiger partial charge in [0.15, 0.2) is 0 Å². The predicted octanol–water partition coefficient (Wildman–Crippen LogP) is 2.29. The molecule has 5 heteroatoms. The van der Waals surface area contributed by atoms with E-state index in [1.807, 2.05) is 24.3 Å². The highest BCUT2D eigenvalue weighted by atomic mass is 79.9. The lowest BCUT2D eigenvalue weighted by Crippen LogP contribution is -2.50. The highest BCUT2D eigenvalue weighted by Gasteiger charge is 2.37. The molecule has 0 aromatic heterocycles. The monoisotopic (exact) mass is 312 g/mol. The van der Waals surface area contributed by atoms with E-state index in [1.54, 1.807) is 0 Å². The minimum atomic E-state index is -0.690. The highest BCUT2D eigenvalue weighted by Crippen LogP contribution is 2.27. The first-order valence-electron chi connectivity index (χ1n) is 6.04. The molecule has 0 aliphatic carbocycles. The Morgan fingerprint density at radius 1 is 1.28 bits per heavy atom. The van der Waals surface area contributed by atoms with Crippen molar-refractivity contribution in [3.63, 3.8) is 0 Å². The van der Waals surface area contributed by atoms with E-state index in [0.29, 0.717) is 26.1 Å². The Morgan fingerprint density at radius 2 is 2.00 bits per heavy atom. The topological polar surface area (TPSA) is 64.4 Å². The first-order chi connectivity index (χ1) is 8.62. The van der Waals surface area contributed by atoms with Gasteiger partial charge in [0.1, 0.15) is 5.54 Å². The van der Waals surface area contributed by atoms with E-state index in [9.17, 15) is 4.79 Å². The Kier molecular flexibility index (Phi) is 4.24. The van der Waals surface area contributed by atoms with Crippen LogP contribution in [-0.4, -0.2) is 24.7 Å². The molecule has 3 N–H and O–H groups in total. The van der Waals surface area contributed by atoms with E-state index in [0.717, 1.165) is 16.6 Å². The van der Waals surface area contributed by atoms with Crippen molar-refractivity contribution < 1.29 is 9.53 Å². The van der Waals surface area contributed by atoms with Crippen molar-refractivity contribution in [1.29, 1.82) is 0 Å². The smallest absolute Gasteiger partial charge is 0.243 e. The fraction of sp³-hybridized carbons (Fsp3) is 0.462. The molecule has 1 aliphatic rings. The summed E-state index contributed by atoms with van der Waals surface area (Å²) in [5.74, 6) is -0.309. The average Bonchev–Trinajstić information content (AvgIpc) is 2.59. The first kappa shape index (κ1) is 13.4. The molecule has 4 nitrogen and oxygen atoms in total. The van der Waals surface area contributed by atoms with Crippen LogP contribution in [0.25, 0.3) is 0 Å². The molecule has 1 unspecified atom stereocenters. The van der Waals surface area contributed by atoms with Gasteiger partial charge in [-0.1, -0.05) is 15.9 Å². The predicted molar refractivity (Wildman–Crippen MR) is 74.4 cm³/mol. The van der Waals surface area contributed by atoms with Gasteiger partial charge in [-0.2, -0.15) is 0 Å². The van der Waals surface area contributed by atoms with Gasteiger partial charge in [-0.3, -0.25) is 4.79 Å². The fourth-order valence-corrected chi connectivity index (χ4v) is 2.46. The van der Waals surface area contributed by atoms with E-state index in [2.05, 4.69) is 21.2 Å². The number of nitrogens with one attached hydrogen (secondary N) is 1. The molecule has 1 saturated heterocycles. The maximum absolute atomic E-state index is 11.8. The van der Waals surface area contributed by atoms with Gasteiger partial charge >= 0.3 is 0 Å². The van der Waals surface area contributed by atoms with Crippen LogP contribution in [-0.2, 0) is 9.53 Å². The summed E-state index contributed by atoms with van der Waals surface area (Å²) in [4.78, 5) is 11.8. The van der Waals surface area contributed by atoms with Crippen LogP contribution in [0, 0.1) is 0 Å². The minimum absolute atomic E-state index is 0.309. The summed E-state index contributed by atoms with van der Waals surface area (Å²) in [6.45, 7) is 1.25. The van der Waals surface area contributed by atoms with Crippen molar-refractivity contribution in [3.8, 4) is 0 Å². The number of primary amides is 1. The molecule has 2 rings (SSSR count). The van der Waals surface area contributed by atoms with Crippen LogP contribution in [0.1, 0.15) is 19.3 Å². The lowest BCUT2D eigenvalue weighted by molar-refractivity contribution is -0.122. The first-order valence-corrected chi connectivity index (χ1v) is 6.83. The standard InChI is InChI=1S/C13H17BrN2O2/c14-10-2-4-11(5-3-10)16-13(12(15)17)6-1-8-18-9-7-13/h2-5,16H,1,6-9H2,(H2,15,17). The number of hydrogen-bond donors (Lipinski definition) is 2. The minimum Gasteiger partial charge on any atom is -0.381 e. The van der Waals surface area contributed by atoms with Crippen molar-refractivity contribution in [2.75, 3.05) is 18.5 Å². The highest BCUT2D eigenvalue weighted by molar-refractivity contribution is 9.10. The van der Waals surface area contributed by atoms with Gasteiger partial charge in [-0.05, 0) is 37.1 Å². The number of carbonyl (C=O) groups is 1. The number of nitrogens with two attached hydrogens (primary N) is 1. The van der Waals surface area contributed by atoms with E-state index >= 15 is 0 Å². The molecule has 1 aromatic rings. The Morgan fingerprint density at radius 3 is 2.67 bits per heavy atom. The van der Waals surface area contributed by atoms with Crippen LogP contribution >= 0.6 is 15.9 Å². The summed E-state index contributed by atoms with van der Waals surface area (Å²) >= 11 is 3.39. The Balaban J connectivity index is 2.19. The number of amides is 1. The van der Waals surface area contributed by atoms with Crippen LogP contribution in [0.2, 0.25) is 0 Å². The van der Waals surface area contributed by atoms with E-state index in [1.165, 1.54) is 0 Å². The number of anilines is 1. The summed E-state index contributed by atoms with van der Waals surface area (Å²) in [5, 5.41) is 3.29. The average molecular weight is 313 g/mol. The van der Waals surface area contributed by atoms with E-state index in [4.69, 9.17) is 10.5 Å². The third-order valence-corrected chi connectivity index (χ3v) is 3.79. The number of carbonyl (C=O) groups excluding carboxylic acids is 1. The number of rotatable bonds is 3. The zero-order valence-electron chi connectivity index (χ0n) is 10.1. The molecule has 0 saturated carbocycles. The number of halogens is 1.